The minimum Gasteiger partial charge on any atom is -0.487 e. The molecule has 0 bridgehead atoms. The van der Waals surface area contributed by atoms with Crippen LogP contribution in [0.1, 0.15) is 28.9 Å². The topological polar surface area (TPSA) is 75.0 Å². The standard InChI is InChI=1S/C11H11N3O2/c1-13-11(15)9-10(16-8-2-3-8)7(6-12)4-5-14-9/h4-5,8H,2-3H2,1H3,(H,13,15). The highest BCUT2D eigenvalue weighted by molar-refractivity contribution is 5.95. The van der Waals surface area contributed by atoms with E-state index in [4.69, 9.17) is 10.00 Å². The van der Waals surface area contributed by atoms with Gasteiger partial charge in [0.1, 0.15) is 6.07 Å². The van der Waals surface area contributed by atoms with Gasteiger partial charge < -0.3 is 10.1 Å². The van der Waals surface area contributed by atoms with Gasteiger partial charge in [-0.25, -0.2) is 4.98 Å². The Morgan fingerprint density at radius 1 is 1.69 bits per heavy atom. The van der Waals surface area contributed by atoms with Gasteiger partial charge in [-0.1, -0.05) is 0 Å². The molecule has 5 heteroatoms. The average Bonchev–Trinajstić information content (AvgIpc) is 3.12. The first kappa shape index (κ1) is 10.4. The van der Waals surface area contributed by atoms with Crippen molar-refractivity contribution in [2.24, 2.45) is 0 Å². The molecule has 0 aliphatic heterocycles. The molecule has 1 aromatic rings. The molecule has 1 heterocycles. The first-order chi connectivity index (χ1) is 7.76. The molecule has 0 atom stereocenters. The van der Waals surface area contributed by atoms with Gasteiger partial charge in [-0.3, -0.25) is 4.79 Å². The summed E-state index contributed by atoms with van der Waals surface area (Å²) in [6, 6.07) is 3.55. The maximum atomic E-state index is 11.5. The lowest BCUT2D eigenvalue weighted by molar-refractivity contribution is 0.0953. The summed E-state index contributed by atoms with van der Waals surface area (Å²) in [6.07, 6.45) is 3.49. The van der Waals surface area contributed by atoms with Crippen LogP contribution in [0.25, 0.3) is 0 Å². The summed E-state index contributed by atoms with van der Waals surface area (Å²) in [5.41, 5.74) is 0.522. The molecular weight excluding hydrogens is 206 g/mol. The lowest BCUT2D eigenvalue weighted by atomic mass is 10.2. The van der Waals surface area contributed by atoms with Gasteiger partial charge in [-0.15, -0.1) is 0 Å². The van der Waals surface area contributed by atoms with Gasteiger partial charge in [-0.2, -0.15) is 5.26 Å². The molecule has 0 radical (unpaired) electrons. The van der Waals surface area contributed by atoms with Crippen LogP contribution in [0.2, 0.25) is 0 Å². The molecule has 0 saturated heterocycles. The number of pyridine rings is 1. The molecule has 1 aliphatic rings. The van der Waals surface area contributed by atoms with E-state index >= 15 is 0 Å². The second-order valence-electron chi connectivity index (χ2n) is 3.54. The Morgan fingerprint density at radius 2 is 2.44 bits per heavy atom. The van der Waals surface area contributed by atoms with Gasteiger partial charge >= 0.3 is 0 Å². The molecule has 1 amide bonds. The number of nitrogens with one attached hydrogen (secondary N) is 1. The zero-order valence-corrected chi connectivity index (χ0v) is 8.86. The number of aromatic nitrogens is 1. The van der Waals surface area contributed by atoms with Crippen LogP contribution in [0.4, 0.5) is 0 Å². The molecule has 82 valence electrons. The number of nitrogens with zero attached hydrogens (tertiary/aromatic N) is 2. The Kier molecular flexibility index (Phi) is 2.73. The van der Waals surface area contributed by atoms with Gasteiger partial charge in [-0.05, 0) is 18.9 Å². The Balaban J connectivity index is 2.41. The van der Waals surface area contributed by atoms with E-state index in [2.05, 4.69) is 10.3 Å². The number of ether oxygens (including phenoxy) is 1. The van der Waals surface area contributed by atoms with Crippen molar-refractivity contribution >= 4 is 5.91 Å². The van der Waals surface area contributed by atoms with Crippen molar-refractivity contribution in [1.82, 2.24) is 10.3 Å². The van der Waals surface area contributed by atoms with E-state index < -0.39 is 0 Å². The molecule has 1 fully saturated rings. The number of carbonyl (C=O) groups is 1. The average molecular weight is 217 g/mol. The Labute approximate surface area is 93.1 Å². The number of hydrogen-bond acceptors (Lipinski definition) is 4. The summed E-state index contributed by atoms with van der Waals surface area (Å²) in [7, 11) is 1.52. The summed E-state index contributed by atoms with van der Waals surface area (Å²) in [5, 5.41) is 11.4. The zero-order chi connectivity index (χ0) is 11.5. The number of carbonyl (C=O) groups excluding carboxylic acids is 1. The first-order valence-corrected chi connectivity index (χ1v) is 5.04. The van der Waals surface area contributed by atoms with Crippen LogP contribution in [0.3, 0.4) is 0 Å². The van der Waals surface area contributed by atoms with E-state index in [1.165, 1.54) is 13.2 Å². The van der Waals surface area contributed by atoms with Gasteiger partial charge in [0.15, 0.2) is 11.4 Å². The van der Waals surface area contributed by atoms with Crippen LogP contribution in [-0.4, -0.2) is 24.0 Å². The predicted octanol–water partition coefficient (Wildman–Crippen LogP) is 0.854. The van der Waals surface area contributed by atoms with Crippen molar-refractivity contribution in [3.05, 3.63) is 23.5 Å². The molecule has 1 aliphatic carbocycles. The minimum absolute atomic E-state index is 0.125. The van der Waals surface area contributed by atoms with Crippen LogP contribution >= 0.6 is 0 Å². The van der Waals surface area contributed by atoms with Crippen molar-refractivity contribution in [2.75, 3.05) is 7.05 Å². The molecule has 0 aromatic carbocycles. The monoisotopic (exact) mass is 217 g/mol. The van der Waals surface area contributed by atoms with Crippen molar-refractivity contribution < 1.29 is 9.53 Å². The quantitative estimate of drug-likeness (QED) is 0.814. The zero-order valence-electron chi connectivity index (χ0n) is 8.86. The van der Waals surface area contributed by atoms with Crippen LogP contribution in [0.15, 0.2) is 12.3 Å². The summed E-state index contributed by atoms with van der Waals surface area (Å²) in [5.74, 6) is -0.0420. The highest BCUT2D eigenvalue weighted by atomic mass is 16.5. The molecule has 1 aromatic heterocycles. The second kappa shape index (κ2) is 4.19. The fraction of sp³-hybridized carbons (Fsp3) is 0.364. The van der Waals surface area contributed by atoms with Crippen LogP contribution in [-0.2, 0) is 0 Å². The molecule has 0 spiro atoms. The third-order valence-electron chi connectivity index (χ3n) is 2.28. The van der Waals surface area contributed by atoms with Gasteiger partial charge in [0.05, 0.1) is 11.7 Å². The fourth-order valence-corrected chi connectivity index (χ4v) is 1.29. The Bertz CT molecular complexity index is 461. The predicted molar refractivity (Wildman–Crippen MR) is 56.0 cm³/mol. The number of rotatable bonds is 3. The molecular formula is C11H11N3O2. The van der Waals surface area contributed by atoms with Crippen molar-refractivity contribution in [1.29, 1.82) is 5.26 Å². The Hall–Kier alpha value is -2.09. The van der Waals surface area contributed by atoms with E-state index in [0.717, 1.165) is 12.8 Å². The first-order valence-electron chi connectivity index (χ1n) is 5.04. The number of nitriles is 1. The summed E-state index contributed by atoms with van der Waals surface area (Å²) >= 11 is 0. The third-order valence-corrected chi connectivity index (χ3v) is 2.28. The molecule has 5 nitrogen and oxygen atoms in total. The maximum absolute atomic E-state index is 11.5. The van der Waals surface area contributed by atoms with Crippen LogP contribution in [0.5, 0.6) is 5.75 Å². The summed E-state index contributed by atoms with van der Waals surface area (Å²) in [6.45, 7) is 0. The van der Waals surface area contributed by atoms with E-state index in [9.17, 15) is 4.79 Å². The van der Waals surface area contributed by atoms with Crippen molar-refractivity contribution in [3.63, 3.8) is 0 Å². The van der Waals surface area contributed by atoms with Crippen LogP contribution in [0, 0.1) is 11.3 Å². The normalized spacial score (nSPS) is 14.0. The van der Waals surface area contributed by atoms with Gasteiger partial charge in [0, 0.05) is 13.2 Å². The number of hydrogen-bond donors (Lipinski definition) is 1. The SMILES string of the molecule is CNC(=O)c1nccc(C#N)c1OC1CC1. The molecule has 2 rings (SSSR count). The highest BCUT2D eigenvalue weighted by Crippen LogP contribution is 2.30. The van der Waals surface area contributed by atoms with E-state index in [0.29, 0.717) is 11.3 Å². The molecule has 0 unspecified atom stereocenters. The highest BCUT2D eigenvalue weighted by Gasteiger charge is 2.27. The van der Waals surface area contributed by atoms with Crippen molar-refractivity contribution in [2.45, 2.75) is 18.9 Å². The lowest BCUT2D eigenvalue weighted by Gasteiger charge is -2.10. The van der Waals surface area contributed by atoms with E-state index in [1.807, 2.05) is 6.07 Å². The largest absolute Gasteiger partial charge is 0.487 e. The van der Waals surface area contributed by atoms with Crippen LogP contribution < -0.4 is 10.1 Å². The Morgan fingerprint density at radius 3 is 3.00 bits per heavy atom. The van der Waals surface area contributed by atoms with Gasteiger partial charge in [0.25, 0.3) is 5.91 Å². The molecule has 1 saturated carbocycles. The minimum atomic E-state index is -0.340. The molecule has 1 N–H and O–H groups in total. The van der Waals surface area contributed by atoms with Crippen molar-refractivity contribution in [3.8, 4) is 11.8 Å². The van der Waals surface area contributed by atoms with E-state index in [-0.39, 0.29) is 17.7 Å². The molecule has 16 heavy (non-hydrogen) atoms. The number of amides is 1. The van der Waals surface area contributed by atoms with Gasteiger partial charge in [0.2, 0.25) is 0 Å². The lowest BCUT2D eigenvalue weighted by Crippen LogP contribution is -2.21. The fourth-order valence-electron chi connectivity index (χ4n) is 1.29. The smallest absolute Gasteiger partial charge is 0.273 e. The maximum Gasteiger partial charge on any atom is 0.273 e. The third kappa shape index (κ3) is 1.96. The summed E-state index contributed by atoms with van der Waals surface area (Å²) < 4.78 is 5.56. The van der Waals surface area contributed by atoms with E-state index in [1.54, 1.807) is 6.07 Å². The summed E-state index contributed by atoms with van der Waals surface area (Å²) in [4.78, 5) is 15.5. The second-order valence-corrected chi connectivity index (χ2v) is 3.54.